The van der Waals surface area contributed by atoms with Crippen LogP contribution in [0.1, 0.15) is 24.1 Å². The third kappa shape index (κ3) is 5.29. The lowest BCUT2D eigenvalue weighted by Crippen LogP contribution is -2.27. The number of amides is 1. The first-order chi connectivity index (χ1) is 14.1. The van der Waals surface area contributed by atoms with Crippen LogP contribution in [0.2, 0.25) is 0 Å². The molecular weight excluding hydrogens is 364 g/mol. The number of ether oxygens (including phenoxy) is 2. The van der Waals surface area contributed by atoms with Gasteiger partial charge in [-0.15, -0.1) is 0 Å². The van der Waals surface area contributed by atoms with Crippen molar-refractivity contribution in [2.75, 3.05) is 24.4 Å². The Balaban J connectivity index is 1.86. The van der Waals surface area contributed by atoms with Crippen molar-refractivity contribution < 1.29 is 14.3 Å². The summed E-state index contributed by atoms with van der Waals surface area (Å²) in [6.07, 6.45) is 0. The highest BCUT2D eigenvalue weighted by atomic mass is 16.5. The minimum atomic E-state index is -0.569. The lowest BCUT2D eigenvalue weighted by Gasteiger charge is -2.21. The zero-order valence-corrected chi connectivity index (χ0v) is 16.9. The molecule has 5 nitrogen and oxygen atoms in total. The van der Waals surface area contributed by atoms with E-state index in [1.165, 1.54) is 0 Å². The molecule has 0 heterocycles. The first kappa shape index (κ1) is 20.3. The van der Waals surface area contributed by atoms with Crippen LogP contribution in [-0.2, 0) is 4.79 Å². The molecule has 0 saturated carbocycles. The molecule has 0 saturated heterocycles. The van der Waals surface area contributed by atoms with Gasteiger partial charge < -0.3 is 20.1 Å². The van der Waals surface area contributed by atoms with Crippen molar-refractivity contribution in [2.24, 2.45) is 0 Å². The lowest BCUT2D eigenvalue weighted by atomic mass is 10.1. The van der Waals surface area contributed by atoms with Gasteiger partial charge in [-0.3, -0.25) is 4.79 Å². The van der Waals surface area contributed by atoms with E-state index in [0.29, 0.717) is 18.1 Å². The summed E-state index contributed by atoms with van der Waals surface area (Å²) in [7, 11) is 1.60. The number of hydrogen-bond donors (Lipinski definition) is 2. The van der Waals surface area contributed by atoms with Gasteiger partial charge in [-0.1, -0.05) is 48.0 Å². The minimum absolute atomic E-state index is 0.145. The predicted octanol–water partition coefficient (Wildman–Crippen LogP) is 5.19. The third-order valence-corrected chi connectivity index (χ3v) is 4.49. The van der Waals surface area contributed by atoms with Crippen LogP contribution >= 0.6 is 0 Å². The van der Waals surface area contributed by atoms with Gasteiger partial charge in [0.25, 0.3) is 5.91 Å². The van der Waals surface area contributed by atoms with Crippen LogP contribution in [0, 0.1) is 6.92 Å². The van der Waals surface area contributed by atoms with Crippen LogP contribution in [-0.4, -0.2) is 19.6 Å². The summed E-state index contributed by atoms with van der Waals surface area (Å²) >= 11 is 0. The fraction of sp³-hybridized carbons (Fsp3) is 0.208. The number of hydrogen-bond acceptors (Lipinski definition) is 4. The van der Waals surface area contributed by atoms with Crippen LogP contribution in [0.4, 0.5) is 11.4 Å². The van der Waals surface area contributed by atoms with Crippen LogP contribution in [0.15, 0.2) is 72.8 Å². The summed E-state index contributed by atoms with van der Waals surface area (Å²) in [5, 5.41) is 6.31. The molecule has 0 aromatic heterocycles. The average Bonchev–Trinajstić information content (AvgIpc) is 2.75. The second-order valence-electron chi connectivity index (χ2n) is 6.64. The number of carbonyl (C=O) groups is 1. The molecule has 5 heteroatoms. The Bertz CT molecular complexity index is 940. The topological polar surface area (TPSA) is 59.6 Å². The van der Waals surface area contributed by atoms with Crippen LogP contribution < -0.4 is 20.1 Å². The second-order valence-corrected chi connectivity index (χ2v) is 6.64. The lowest BCUT2D eigenvalue weighted by molar-refractivity contribution is -0.117. The molecule has 1 unspecified atom stereocenters. The molecule has 0 aliphatic carbocycles. The second kappa shape index (κ2) is 9.64. The van der Waals surface area contributed by atoms with E-state index in [4.69, 9.17) is 9.47 Å². The number of nitrogens with one attached hydrogen (secondary N) is 2. The van der Waals surface area contributed by atoms with E-state index in [9.17, 15) is 4.79 Å². The fourth-order valence-electron chi connectivity index (χ4n) is 3.00. The van der Waals surface area contributed by atoms with E-state index in [1.807, 2.05) is 86.6 Å². The van der Waals surface area contributed by atoms with E-state index >= 15 is 0 Å². The van der Waals surface area contributed by atoms with E-state index in [1.54, 1.807) is 7.11 Å². The van der Waals surface area contributed by atoms with Crippen molar-refractivity contribution in [1.29, 1.82) is 0 Å². The molecule has 150 valence electrons. The monoisotopic (exact) mass is 390 g/mol. The summed E-state index contributed by atoms with van der Waals surface area (Å²) in [6.45, 7) is 4.49. The highest BCUT2D eigenvalue weighted by Gasteiger charge is 2.21. The Morgan fingerprint density at radius 1 is 0.931 bits per heavy atom. The molecule has 3 aromatic carbocycles. The Morgan fingerprint density at radius 3 is 2.28 bits per heavy atom. The molecule has 0 spiro atoms. The van der Waals surface area contributed by atoms with Crippen LogP contribution in [0.5, 0.6) is 11.5 Å². The zero-order valence-electron chi connectivity index (χ0n) is 16.9. The number of anilines is 2. The van der Waals surface area contributed by atoms with Crippen LogP contribution in [0.25, 0.3) is 0 Å². The van der Waals surface area contributed by atoms with Gasteiger partial charge in [0.15, 0.2) is 11.5 Å². The number of rotatable bonds is 8. The first-order valence-electron chi connectivity index (χ1n) is 9.60. The highest BCUT2D eigenvalue weighted by molar-refractivity contribution is 5.97. The molecule has 0 bridgehead atoms. The predicted molar refractivity (Wildman–Crippen MR) is 117 cm³/mol. The molecule has 1 atom stereocenters. The van der Waals surface area contributed by atoms with Gasteiger partial charge >= 0.3 is 0 Å². The smallest absolute Gasteiger partial charge is 0.251 e. The standard InChI is InChI=1S/C24H26N2O3/c1-4-29-21-15-14-20(16-22(21)28-3)25-23(18-8-6-5-7-9-18)24(27)26-19-12-10-17(2)11-13-19/h5-16,23,25H,4H2,1-3H3,(H,26,27). The van der Waals surface area contributed by atoms with Crippen LogP contribution in [0.3, 0.4) is 0 Å². The molecule has 1 amide bonds. The summed E-state index contributed by atoms with van der Waals surface area (Å²) in [5.41, 5.74) is 3.53. The highest BCUT2D eigenvalue weighted by Crippen LogP contribution is 2.32. The quantitative estimate of drug-likeness (QED) is 0.555. The SMILES string of the molecule is CCOc1ccc(NC(C(=O)Nc2ccc(C)cc2)c2ccccc2)cc1OC. The number of aryl methyl sites for hydroxylation is 1. The maximum atomic E-state index is 13.1. The Hall–Kier alpha value is -3.47. The maximum absolute atomic E-state index is 13.1. The molecule has 3 aromatic rings. The first-order valence-corrected chi connectivity index (χ1v) is 9.60. The van der Waals surface area contributed by atoms with Crippen molar-refractivity contribution in [1.82, 2.24) is 0 Å². The Morgan fingerprint density at radius 2 is 1.62 bits per heavy atom. The number of methoxy groups -OCH3 is 1. The van der Waals surface area contributed by atoms with Crippen molar-refractivity contribution in [3.8, 4) is 11.5 Å². The molecule has 0 radical (unpaired) electrons. The molecule has 2 N–H and O–H groups in total. The zero-order chi connectivity index (χ0) is 20.6. The van der Waals surface area contributed by atoms with E-state index in [-0.39, 0.29) is 5.91 Å². The average molecular weight is 390 g/mol. The molecule has 0 fully saturated rings. The van der Waals surface area contributed by atoms with Gasteiger partial charge in [0, 0.05) is 17.4 Å². The number of benzene rings is 3. The van der Waals surface area contributed by atoms with Crippen molar-refractivity contribution >= 4 is 17.3 Å². The summed E-state index contributed by atoms with van der Waals surface area (Å²) in [5.74, 6) is 1.14. The molecule has 3 rings (SSSR count). The van der Waals surface area contributed by atoms with Gasteiger partial charge in [-0.25, -0.2) is 0 Å². The maximum Gasteiger partial charge on any atom is 0.251 e. The summed E-state index contributed by atoms with van der Waals surface area (Å²) in [6, 6.07) is 22.3. The molecule has 0 aliphatic heterocycles. The summed E-state index contributed by atoms with van der Waals surface area (Å²) in [4.78, 5) is 13.1. The largest absolute Gasteiger partial charge is 0.493 e. The Kier molecular flexibility index (Phi) is 6.74. The van der Waals surface area contributed by atoms with Gasteiger partial charge in [0.1, 0.15) is 6.04 Å². The van der Waals surface area contributed by atoms with Gasteiger partial charge in [0.05, 0.1) is 13.7 Å². The van der Waals surface area contributed by atoms with Crippen molar-refractivity contribution in [3.05, 3.63) is 83.9 Å². The molecule has 29 heavy (non-hydrogen) atoms. The van der Waals surface area contributed by atoms with E-state index in [2.05, 4.69) is 10.6 Å². The normalized spacial score (nSPS) is 11.4. The van der Waals surface area contributed by atoms with Crippen molar-refractivity contribution in [3.63, 3.8) is 0 Å². The van der Waals surface area contributed by atoms with Crippen molar-refractivity contribution in [2.45, 2.75) is 19.9 Å². The third-order valence-electron chi connectivity index (χ3n) is 4.49. The number of carbonyl (C=O) groups excluding carboxylic acids is 1. The Labute approximate surface area is 171 Å². The van der Waals surface area contributed by atoms with Gasteiger partial charge in [-0.2, -0.15) is 0 Å². The molecule has 0 aliphatic rings. The van der Waals surface area contributed by atoms with Gasteiger partial charge in [0.2, 0.25) is 0 Å². The fourth-order valence-corrected chi connectivity index (χ4v) is 3.00. The van der Waals surface area contributed by atoms with E-state index < -0.39 is 6.04 Å². The minimum Gasteiger partial charge on any atom is -0.493 e. The summed E-state index contributed by atoms with van der Waals surface area (Å²) < 4.78 is 11.0. The van der Waals surface area contributed by atoms with E-state index in [0.717, 1.165) is 22.5 Å². The molecular formula is C24H26N2O3. The van der Waals surface area contributed by atoms with Gasteiger partial charge in [-0.05, 0) is 43.7 Å².